The van der Waals surface area contributed by atoms with E-state index in [-0.39, 0.29) is 5.41 Å². The van der Waals surface area contributed by atoms with Crippen molar-refractivity contribution >= 4 is 0 Å². The second kappa shape index (κ2) is 3.59. The van der Waals surface area contributed by atoms with Crippen molar-refractivity contribution in [2.75, 3.05) is 0 Å². The van der Waals surface area contributed by atoms with Gasteiger partial charge in [0, 0.05) is 5.41 Å². The first-order valence-electron chi connectivity index (χ1n) is 6.15. The van der Waals surface area contributed by atoms with Gasteiger partial charge >= 0.3 is 0 Å². The molecule has 0 saturated heterocycles. The zero-order valence-corrected chi connectivity index (χ0v) is 10.4. The minimum atomic E-state index is -0.898. The largest absolute Gasteiger partial charge is 0.382 e. The summed E-state index contributed by atoms with van der Waals surface area (Å²) >= 11 is 0. The Labute approximate surface area is 98.6 Å². The third-order valence-corrected chi connectivity index (χ3v) is 4.65. The summed E-state index contributed by atoms with van der Waals surface area (Å²) in [5.41, 5.74) is 0.556. The minimum Gasteiger partial charge on any atom is -0.382 e. The molecule has 1 N–H and O–H groups in total. The van der Waals surface area contributed by atoms with Gasteiger partial charge in [-0.15, -0.1) is 0 Å². The van der Waals surface area contributed by atoms with Crippen molar-refractivity contribution in [2.24, 2.45) is 17.3 Å². The quantitative estimate of drug-likeness (QED) is 0.719. The Balaban J connectivity index is 2.21. The fraction of sp³-hybridized carbons (Fsp3) is 0.600. The Morgan fingerprint density at radius 2 is 2.19 bits per heavy atom. The third kappa shape index (κ3) is 1.67. The average Bonchev–Trinajstić information content (AvgIpc) is 2.81. The molecule has 0 spiro atoms. The highest BCUT2D eigenvalue weighted by molar-refractivity contribution is 5.31. The van der Waals surface area contributed by atoms with E-state index in [0.717, 1.165) is 5.92 Å². The maximum Gasteiger partial charge on any atom is 0.0978 e. The molecular weight excluding hydrogens is 196 g/mol. The molecule has 2 rings (SSSR count). The van der Waals surface area contributed by atoms with Crippen LogP contribution in [0.1, 0.15) is 33.1 Å². The second-order valence-corrected chi connectivity index (χ2v) is 5.78. The number of fused-ring (bicyclic) bond motifs is 2. The lowest BCUT2D eigenvalue weighted by Gasteiger charge is -2.34. The predicted octanol–water partition coefficient (Wildman–Crippen LogP) is 3.47. The maximum atomic E-state index is 9.92. The van der Waals surface area contributed by atoms with Crippen LogP contribution in [0.2, 0.25) is 0 Å². The van der Waals surface area contributed by atoms with Gasteiger partial charge in [0.25, 0.3) is 0 Å². The second-order valence-electron chi connectivity index (χ2n) is 5.78. The summed E-state index contributed by atoms with van der Waals surface area (Å²) in [5.74, 6) is 1.44. The van der Waals surface area contributed by atoms with Crippen LogP contribution in [0.15, 0.2) is 37.0 Å². The maximum absolute atomic E-state index is 9.92. The number of rotatable bonds is 3. The summed E-state index contributed by atoms with van der Waals surface area (Å²) in [4.78, 5) is 0. The molecule has 0 radical (unpaired) electrons. The summed E-state index contributed by atoms with van der Waals surface area (Å²) < 4.78 is 0. The van der Waals surface area contributed by atoms with Crippen molar-refractivity contribution in [3.63, 3.8) is 0 Å². The molecule has 88 valence electrons. The number of allylic oxidation sites excluding steroid dienone is 2. The van der Waals surface area contributed by atoms with Gasteiger partial charge in [-0.25, -0.2) is 0 Å². The van der Waals surface area contributed by atoms with E-state index in [4.69, 9.17) is 0 Å². The van der Waals surface area contributed by atoms with E-state index < -0.39 is 5.60 Å². The van der Waals surface area contributed by atoms with Crippen molar-refractivity contribution in [3.05, 3.63) is 37.0 Å². The molecule has 0 aromatic heterocycles. The zero-order valence-electron chi connectivity index (χ0n) is 10.4. The number of hydrogen-bond donors (Lipinski definition) is 1. The van der Waals surface area contributed by atoms with E-state index in [0.29, 0.717) is 5.92 Å². The summed E-state index contributed by atoms with van der Waals surface area (Å²) in [6.07, 6.45) is 9.50. The molecule has 0 aromatic rings. The summed E-state index contributed by atoms with van der Waals surface area (Å²) in [5, 5.41) is 9.92. The lowest BCUT2D eigenvalue weighted by atomic mass is 9.71. The monoisotopic (exact) mass is 218 g/mol. The Morgan fingerprint density at radius 3 is 2.69 bits per heavy atom. The normalized spacial score (nSPS) is 41.6. The third-order valence-electron chi connectivity index (χ3n) is 4.65. The highest BCUT2D eigenvalue weighted by Gasteiger charge is 2.49. The topological polar surface area (TPSA) is 20.2 Å². The van der Waals surface area contributed by atoms with Gasteiger partial charge in [0.15, 0.2) is 0 Å². The molecular formula is C15H22O. The van der Waals surface area contributed by atoms with E-state index in [9.17, 15) is 5.11 Å². The number of hydrogen-bond acceptors (Lipinski definition) is 1. The Bertz CT molecular complexity index is 350. The Morgan fingerprint density at radius 1 is 1.50 bits per heavy atom. The highest BCUT2D eigenvalue weighted by Crippen LogP contribution is 2.59. The lowest BCUT2D eigenvalue weighted by molar-refractivity contribution is 0.162. The van der Waals surface area contributed by atoms with Crippen LogP contribution >= 0.6 is 0 Å². The van der Waals surface area contributed by atoms with Gasteiger partial charge in [-0.3, -0.25) is 0 Å². The van der Waals surface area contributed by atoms with Crippen LogP contribution in [0.25, 0.3) is 0 Å². The van der Waals surface area contributed by atoms with Crippen LogP contribution in [-0.4, -0.2) is 10.7 Å². The van der Waals surface area contributed by atoms with Gasteiger partial charge in [0.1, 0.15) is 0 Å². The first-order valence-corrected chi connectivity index (χ1v) is 6.15. The standard InChI is InChI=1S/C15H22O/c1-5-14(3,16)8-9-15(4)11(2)12-6-7-13(15)10-12/h5,8-9,12-13,16H,1-2,6-7,10H2,3-4H3. The fourth-order valence-electron chi connectivity index (χ4n) is 3.20. The van der Waals surface area contributed by atoms with E-state index in [1.165, 1.54) is 24.8 Å². The Hall–Kier alpha value is -0.820. The molecule has 1 nitrogen and oxygen atoms in total. The summed E-state index contributed by atoms with van der Waals surface area (Å²) in [6, 6.07) is 0. The minimum absolute atomic E-state index is 0.0932. The van der Waals surface area contributed by atoms with Crippen LogP contribution in [0, 0.1) is 17.3 Å². The smallest absolute Gasteiger partial charge is 0.0978 e. The van der Waals surface area contributed by atoms with E-state index in [1.807, 2.05) is 6.08 Å². The van der Waals surface area contributed by atoms with Gasteiger partial charge in [-0.1, -0.05) is 43.9 Å². The highest BCUT2D eigenvalue weighted by atomic mass is 16.3. The molecule has 16 heavy (non-hydrogen) atoms. The van der Waals surface area contributed by atoms with Crippen molar-refractivity contribution in [1.29, 1.82) is 0 Å². The van der Waals surface area contributed by atoms with Crippen LogP contribution < -0.4 is 0 Å². The molecule has 0 heterocycles. The zero-order chi connectivity index (χ0) is 12.0. The van der Waals surface area contributed by atoms with Crippen LogP contribution in [0.3, 0.4) is 0 Å². The van der Waals surface area contributed by atoms with Gasteiger partial charge < -0.3 is 5.11 Å². The molecule has 4 unspecified atom stereocenters. The fourth-order valence-corrected chi connectivity index (χ4v) is 3.20. The summed E-state index contributed by atoms with van der Waals surface area (Å²) in [6.45, 7) is 11.9. The van der Waals surface area contributed by atoms with Gasteiger partial charge in [0.2, 0.25) is 0 Å². The molecule has 0 amide bonds. The molecule has 1 heteroatoms. The van der Waals surface area contributed by atoms with Gasteiger partial charge in [-0.05, 0) is 38.0 Å². The molecule has 2 fully saturated rings. The van der Waals surface area contributed by atoms with Crippen LogP contribution in [-0.2, 0) is 0 Å². The molecule has 4 atom stereocenters. The lowest BCUT2D eigenvalue weighted by Crippen LogP contribution is -2.26. The van der Waals surface area contributed by atoms with Crippen LogP contribution in [0.4, 0.5) is 0 Å². The number of aliphatic hydroxyl groups is 1. The first kappa shape index (κ1) is 11.7. The van der Waals surface area contributed by atoms with Crippen molar-refractivity contribution in [2.45, 2.75) is 38.7 Å². The SMILES string of the molecule is C=CC(C)(O)C=CC1(C)C(=C)C2CCC1C2. The van der Waals surface area contributed by atoms with E-state index >= 15 is 0 Å². The van der Waals surface area contributed by atoms with Gasteiger partial charge in [-0.2, -0.15) is 0 Å². The Kier molecular flexibility index (Phi) is 2.62. The summed E-state index contributed by atoms with van der Waals surface area (Å²) in [7, 11) is 0. The molecule has 2 saturated carbocycles. The predicted molar refractivity (Wildman–Crippen MR) is 68.0 cm³/mol. The molecule has 0 aliphatic heterocycles. The van der Waals surface area contributed by atoms with Gasteiger partial charge in [0.05, 0.1) is 5.60 Å². The molecule has 2 aliphatic carbocycles. The van der Waals surface area contributed by atoms with Crippen molar-refractivity contribution in [1.82, 2.24) is 0 Å². The van der Waals surface area contributed by atoms with Crippen LogP contribution in [0.5, 0.6) is 0 Å². The van der Waals surface area contributed by atoms with E-state index in [2.05, 4.69) is 26.2 Å². The average molecular weight is 218 g/mol. The molecule has 2 bridgehead atoms. The molecule has 2 aliphatic rings. The molecule has 0 aromatic carbocycles. The van der Waals surface area contributed by atoms with Crippen molar-refractivity contribution in [3.8, 4) is 0 Å². The van der Waals surface area contributed by atoms with Crippen molar-refractivity contribution < 1.29 is 5.11 Å². The first-order chi connectivity index (χ1) is 7.39. The van der Waals surface area contributed by atoms with E-state index in [1.54, 1.807) is 13.0 Å².